The van der Waals surface area contributed by atoms with Gasteiger partial charge in [-0.1, -0.05) is 0 Å². The number of thiophene rings is 1. The van der Waals surface area contributed by atoms with E-state index in [4.69, 9.17) is 4.74 Å². The van der Waals surface area contributed by atoms with Crippen LogP contribution in [0.4, 0.5) is 0 Å². The Hall–Kier alpha value is -0.910. The van der Waals surface area contributed by atoms with Crippen molar-refractivity contribution in [2.75, 3.05) is 32.8 Å². The van der Waals surface area contributed by atoms with Crippen LogP contribution in [0.2, 0.25) is 0 Å². The molecule has 5 heteroatoms. The number of carbonyl (C=O) groups is 1. The average Bonchev–Trinajstić information content (AvgIpc) is 2.97. The fraction of sp³-hybridized carbons (Fsp3) is 0.667. The molecule has 1 aliphatic carbocycles. The van der Waals surface area contributed by atoms with E-state index in [0.29, 0.717) is 25.7 Å². The molecule has 1 aromatic heterocycles. The highest BCUT2D eigenvalue weighted by Gasteiger charge is 2.21. The van der Waals surface area contributed by atoms with E-state index in [2.05, 4.69) is 16.8 Å². The Balaban J connectivity index is 1.45. The third-order valence-electron chi connectivity index (χ3n) is 4.15. The standard InChI is InChI=1S/C15H22N2O2S/c18-15(17-7-9-19-10-8-17)4-6-16-13-2-1-3-14-12(13)5-11-20-14/h5,11,13,16H,1-4,6-10H2. The second-order valence-electron chi connectivity index (χ2n) is 5.44. The van der Waals surface area contributed by atoms with Crippen LogP contribution in [0.15, 0.2) is 11.4 Å². The Kier molecular flexibility index (Phi) is 4.70. The number of morpholine rings is 1. The van der Waals surface area contributed by atoms with Gasteiger partial charge >= 0.3 is 0 Å². The molecule has 0 saturated carbocycles. The van der Waals surface area contributed by atoms with Gasteiger partial charge in [-0.3, -0.25) is 4.79 Å². The number of fused-ring (bicyclic) bond motifs is 1. The van der Waals surface area contributed by atoms with Crippen molar-refractivity contribution in [3.05, 3.63) is 21.9 Å². The van der Waals surface area contributed by atoms with Crippen molar-refractivity contribution in [3.63, 3.8) is 0 Å². The first-order valence-corrected chi connectivity index (χ1v) is 8.38. The Labute approximate surface area is 124 Å². The maximum Gasteiger partial charge on any atom is 0.224 e. The van der Waals surface area contributed by atoms with Gasteiger partial charge in [-0.15, -0.1) is 11.3 Å². The van der Waals surface area contributed by atoms with E-state index in [1.165, 1.54) is 29.7 Å². The third kappa shape index (κ3) is 3.22. The molecule has 20 heavy (non-hydrogen) atoms. The van der Waals surface area contributed by atoms with Gasteiger partial charge in [-0.25, -0.2) is 0 Å². The largest absolute Gasteiger partial charge is 0.378 e. The number of amides is 1. The maximum atomic E-state index is 12.1. The molecule has 2 aliphatic rings. The van der Waals surface area contributed by atoms with Gasteiger partial charge in [-0.05, 0) is 36.3 Å². The van der Waals surface area contributed by atoms with E-state index in [9.17, 15) is 4.79 Å². The lowest BCUT2D eigenvalue weighted by atomic mass is 9.94. The van der Waals surface area contributed by atoms with E-state index in [1.54, 1.807) is 0 Å². The first-order valence-electron chi connectivity index (χ1n) is 7.50. The van der Waals surface area contributed by atoms with E-state index in [0.717, 1.165) is 19.6 Å². The minimum absolute atomic E-state index is 0.252. The van der Waals surface area contributed by atoms with Crippen molar-refractivity contribution in [2.24, 2.45) is 0 Å². The molecular weight excluding hydrogens is 272 g/mol. The number of nitrogens with zero attached hydrogens (tertiary/aromatic N) is 1. The number of nitrogens with one attached hydrogen (secondary N) is 1. The van der Waals surface area contributed by atoms with Crippen LogP contribution in [0, 0.1) is 0 Å². The molecule has 0 bridgehead atoms. The first-order chi connectivity index (χ1) is 9.84. The highest BCUT2D eigenvalue weighted by molar-refractivity contribution is 7.10. The smallest absolute Gasteiger partial charge is 0.224 e. The van der Waals surface area contributed by atoms with Crippen molar-refractivity contribution < 1.29 is 9.53 Å². The minimum atomic E-state index is 0.252. The molecule has 1 amide bonds. The zero-order valence-corrected chi connectivity index (χ0v) is 12.6. The SMILES string of the molecule is O=C(CCNC1CCCc2sccc21)N1CCOCC1. The summed E-state index contributed by atoms with van der Waals surface area (Å²) < 4.78 is 5.27. The normalized spacial score (nSPS) is 22.6. The lowest BCUT2D eigenvalue weighted by Crippen LogP contribution is -2.41. The fourth-order valence-corrected chi connectivity index (χ4v) is 4.01. The number of carbonyl (C=O) groups excluding carboxylic acids is 1. The summed E-state index contributed by atoms with van der Waals surface area (Å²) >= 11 is 1.86. The highest BCUT2D eigenvalue weighted by atomic mass is 32.1. The topological polar surface area (TPSA) is 41.6 Å². The van der Waals surface area contributed by atoms with Gasteiger partial charge in [0.25, 0.3) is 0 Å². The van der Waals surface area contributed by atoms with Crippen LogP contribution in [-0.4, -0.2) is 43.7 Å². The molecule has 2 heterocycles. The number of hydrogen-bond acceptors (Lipinski definition) is 4. The molecule has 0 aromatic carbocycles. The van der Waals surface area contributed by atoms with Crippen molar-refractivity contribution in [3.8, 4) is 0 Å². The van der Waals surface area contributed by atoms with Crippen LogP contribution in [0.1, 0.15) is 35.7 Å². The highest BCUT2D eigenvalue weighted by Crippen LogP contribution is 2.33. The quantitative estimate of drug-likeness (QED) is 0.923. The maximum absolute atomic E-state index is 12.1. The predicted molar refractivity (Wildman–Crippen MR) is 80.0 cm³/mol. The molecule has 3 rings (SSSR count). The van der Waals surface area contributed by atoms with E-state index < -0.39 is 0 Å². The Bertz CT molecular complexity index is 454. The predicted octanol–water partition coefficient (Wildman–Crippen LogP) is 1.96. The van der Waals surface area contributed by atoms with Crippen molar-refractivity contribution in [2.45, 2.75) is 31.7 Å². The van der Waals surface area contributed by atoms with Gasteiger partial charge in [-0.2, -0.15) is 0 Å². The minimum Gasteiger partial charge on any atom is -0.378 e. The average molecular weight is 294 g/mol. The Morgan fingerprint density at radius 2 is 2.30 bits per heavy atom. The van der Waals surface area contributed by atoms with Crippen molar-refractivity contribution in [1.82, 2.24) is 10.2 Å². The van der Waals surface area contributed by atoms with Crippen molar-refractivity contribution in [1.29, 1.82) is 0 Å². The Morgan fingerprint density at radius 1 is 1.45 bits per heavy atom. The number of hydrogen-bond donors (Lipinski definition) is 1. The summed E-state index contributed by atoms with van der Waals surface area (Å²) in [5.41, 5.74) is 1.46. The number of ether oxygens (including phenoxy) is 1. The van der Waals surface area contributed by atoms with Crippen LogP contribution < -0.4 is 5.32 Å². The lowest BCUT2D eigenvalue weighted by Gasteiger charge is -2.28. The van der Waals surface area contributed by atoms with Crippen LogP contribution in [-0.2, 0) is 16.0 Å². The van der Waals surface area contributed by atoms with Gasteiger partial charge in [0, 0.05) is 37.0 Å². The van der Waals surface area contributed by atoms with Crippen LogP contribution >= 0.6 is 11.3 Å². The molecule has 0 radical (unpaired) electrons. The second kappa shape index (κ2) is 6.70. The zero-order valence-electron chi connectivity index (χ0n) is 11.8. The summed E-state index contributed by atoms with van der Waals surface area (Å²) in [5.74, 6) is 0.252. The van der Waals surface area contributed by atoms with E-state index in [-0.39, 0.29) is 5.91 Å². The van der Waals surface area contributed by atoms with E-state index in [1.807, 2.05) is 16.2 Å². The van der Waals surface area contributed by atoms with Crippen LogP contribution in [0.25, 0.3) is 0 Å². The van der Waals surface area contributed by atoms with Gasteiger partial charge in [0.2, 0.25) is 5.91 Å². The summed E-state index contributed by atoms with van der Waals surface area (Å²) in [6.07, 6.45) is 4.26. The molecular formula is C15H22N2O2S. The van der Waals surface area contributed by atoms with Crippen LogP contribution in [0.3, 0.4) is 0 Å². The first kappa shape index (κ1) is 14.0. The zero-order chi connectivity index (χ0) is 13.8. The van der Waals surface area contributed by atoms with Gasteiger partial charge < -0.3 is 15.0 Å². The van der Waals surface area contributed by atoms with E-state index >= 15 is 0 Å². The third-order valence-corrected chi connectivity index (χ3v) is 5.14. The van der Waals surface area contributed by atoms with Gasteiger partial charge in [0.15, 0.2) is 0 Å². The summed E-state index contributed by atoms with van der Waals surface area (Å²) in [6, 6.07) is 2.68. The van der Waals surface area contributed by atoms with Gasteiger partial charge in [0.05, 0.1) is 13.2 Å². The molecule has 1 atom stereocenters. The molecule has 1 aromatic rings. The monoisotopic (exact) mass is 294 g/mol. The molecule has 110 valence electrons. The van der Waals surface area contributed by atoms with Crippen LogP contribution in [0.5, 0.6) is 0 Å². The summed E-state index contributed by atoms with van der Waals surface area (Å²) in [4.78, 5) is 15.5. The summed E-state index contributed by atoms with van der Waals surface area (Å²) in [6.45, 7) is 3.63. The molecule has 1 saturated heterocycles. The fourth-order valence-electron chi connectivity index (χ4n) is 3.02. The summed E-state index contributed by atoms with van der Waals surface area (Å²) in [7, 11) is 0. The molecule has 1 fully saturated rings. The molecule has 1 unspecified atom stereocenters. The molecule has 4 nitrogen and oxygen atoms in total. The second-order valence-corrected chi connectivity index (χ2v) is 6.44. The van der Waals surface area contributed by atoms with Crippen molar-refractivity contribution >= 4 is 17.2 Å². The number of rotatable bonds is 4. The Morgan fingerprint density at radius 3 is 3.15 bits per heavy atom. The lowest BCUT2D eigenvalue weighted by molar-refractivity contribution is -0.135. The molecule has 1 N–H and O–H groups in total. The van der Waals surface area contributed by atoms with Gasteiger partial charge in [0.1, 0.15) is 0 Å². The molecule has 1 aliphatic heterocycles. The number of aryl methyl sites for hydroxylation is 1. The summed E-state index contributed by atoms with van der Waals surface area (Å²) in [5, 5.41) is 5.75. The molecule has 0 spiro atoms.